The molecule has 1 aliphatic heterocycles. The lowest BCUT2D eigenvalue weighted by atomic mass is 9.96. The quantitative estimate of drug-likeness (QED) is 0.463. The van der Waals surface area contributed by atoms with Crippen molar-refractivity contribution in [1.29, 1.82) is 0 Å². The van der Waals surface area contributed by atoms with E-state index in [1.165, 1.54) is 11.3 Å². The summed E-state index contributed by atoms with van der Waals surface area (Å²) in [5.74, 6) is -0.588. The number of para-hydroxylation sites is 1. The third-order valence-electron chi connectivity index (χ3n) is 5.44. The number of thiophene rings is 1. The van der Waals surface area contributed by atoms with E-state index in [0.29, 0.717) is 34.3 Å². The molecule has 0 bridgehead atoms. The zero-order valence-corrected chi connectivity index (χ0v) is 19.0. The van der Waals surface area contributed by atoms with Crippen molar-refractivity contribution in [3.8, 4) is 5.69 Å². The molecule has 0 radical (unpaired) electrons. The number of fused-ring (bicyclic) bond motifs is 3. The van der Waals surface area contributed by atoms with Crippen LogP contribution < -0.4 is 5.56 Å². The highest BCUT2D eigenvalue weighted by atomic mass is 32.2. The molecule has 0 aliphatic carbocycles. The number of carboxylic acid groups (broad SMARTS) is 1. The first-order valence-corrected chi connectivity index (χ1v) is 11.6. The van der Waals surface area contributed by atoms with Crippen molar-refractivity contribution in [3.05, 3.63) is 50.6 Å². The van der Waals surface area contributed by atoms with Gasteiger partial charge in [-0.1, -0.05) is 43.8 Å². The number of hydrogen-bond acceptors (Lipinski definition) is 6. The third-order valence-corrected chi connectivity index (χ3v) is 7.58. The van der Waals surface area contributed by atoms with Crippen LogP contribution in [0.25, 0.3) is 15.9 Å². The smallest absolute Gasteiger partial charge is 0.316 e. The first-order valence-electron chi connectivity index (χ1n) is 9.92. The maximum Gasteiger partial charge on any atom is 0.316 e. The monoisotopic (exact) mass is 444 g/mol. The first kappa shape index (κ1) is 21.1. The van der Waals surface area contributed by atoms with E-state index in [9.17, 15) is 14.7 Å². The number of nitrogens with zero attached hydrogens (tertiary/aromatic N) is 2. The van der Waals surface area contributed by atoms with Crippen molar-refractivity contribution in [2.45, 2.75) is 57.2 Å². The molecular weight excluding hydrogens is 420 g/mol. The second-order valence-corrected chi connectivity index (χ2v) is 10.3. The molecule has 2 aromatic heterocycles. The van der Waals surface area contributed by atoms with Crippen LogP contribution in [0.1, 0.15) is 36.8 Å². The highest BCUT2D eigenvalue weighted by Gasteiger charge is 2.29. The first-order chi connectivity index (χ1) is 14.3. The van der Waals surface area contributed by atoms with E-state index in [1.54, 1.807) is 11.5 Å². The minimum absolute atomic E-state index is 0.0719. The van der Waals surface area contributed by atoms with Gasteiger partial charge in [0.05, 0.1) is 23.8 Å². The van der Waals surface area contributed by atoms with E-state index < -0.39 is 11.2 Å². The van der Waals surface area contributed by atoms with Gasteiger partial charge in [0.1, 0.15) is 10.1 Å². The molecule has 0 saturated heterocycles. The highest BCUT2D eigenvalue weighted by molar-refractivity contribution is 8.00. The zero-order chi connectivity index (χ0) is 21.6. The van der Waals surface area contributed by atoms with E-state index in [0.717, 1.165) is 33.5 Å². The second kappa shape index (κ2) is 8.17. The number of aryl methyl sites for hydroxylation is 1. The number of hydrogen-bond donors (Lipinski definition) is 1. The van der Waals surface area contributed by atoms with Crippen LogP contribution in [0.4, 0.5) is 0 Å². The van der Waals surface area contributed by atoms with Crippen LogP contribution in [0.2, 0.25) is 0 Å². The second-order valence-electron chi connectivity index (χ2n) is 7.90. The maximum absolute atomic E-state index is 13.8. The van der Waals surface area contributed by atoms with E-state index in [4.69, 9.17) is 9.72 Å². The van der Waals surface area contributed by atoms with Crippen LogP contribution in [0.15, 0.2) is 34.2 Å². The summed E-state index contributed by atoms with van der Waals surface area (Å²) in [5, 5.41) is 9.72. The lowest BCUT2D eigenvalue weighted by Crippen LogP contribution is -2.28. The summed E-state index contributed by atoms with van der Waals surface area (Å²) >= 11 is 2.57. The number of benzene rings is 1. The Kier molecular flexibility index (Phi) is 5.74. The van der Waals surface area contributed by atoms with Crippen LogP contribution in [-0.2, 0) is 22.6 Å². The fourth-order valence-electron chi connectivity index (χ4n) is 3.65. The lowest BCUT2D eigenvalue weighted by Gasteiger charge is -2.26. The van der Waals surface area contributed by atoms with Gasteiger partial charge in [-0.15, -0.1) is 11.3 Å². The Morgan fingerprint density at radius 2 is 2.07 bits per heavy atom. The number of ether oxygens (including phenoxy) is 1. The average Bonchev–Trinajstić information content (AvgIpc) is 3.06. The standard InChI is InChI=1S/C22H24N2O4S2/c1-11(2)16-9-14-17(10-28-16)30-19-18(14)20(25)24(15-8-6-5-7-12(15)3)22(23-19)29-13(4)21(26)27/h5-8,11,13,16H,9-10H2,1-4H3,(H,26,27)/t13-,16+/m1/s1. The fourth-order valence-corrected chi connectivity index (χ4v) is 5.67. The minimum Gasteiger partial charge on any atom is -0.480 e. The summed E-state index contributed by atoms with van der Waals surface area (Å²) in [6.07, 6.45) is 0.762. The summed E-state index contributed by atoms with van der Waals surface area (Å²) in [5.41, 5.74) is 2.54. The van der Waals surface area contributed by atoms with Crippen LogP contribution in [-0.4, -0.2) is 32.0 Å². The Morgan fingerprint density at radius 3 is 2.73 bits per heavy atom. The molecule has 3 aromatic rings. The third kappa shape index (κ3) is 3.68. The molecule has 158 valence electrons. The number of carboxylic acids is 1. The van der Waals surface area contributed by atoms with Gasteiger partial charge in [0.25, 0.3) is 5.56 Å². The van der Waals surface area contributed by atoms with E-state index in [1.807, 2.05) is 31.2 Å². The Labute approximate surface area is 182 Å². The zero-order valence-electron chi connectivity index (χ0n) is 17.3. The Hall–Kier alpha value is -2.16. The molecule has 1 aromatic carbocycles. The van der Waals surface area contributed by atoms with Crippen molar-refractivity contribution in [1.82, 2.24) is 9.55 Å². The van der Waals surface area contributed by atoms with Crippen molar-refractivity contribution in [2.24, 2.45) is 5.92 Å². The van der Waals surface area contributed by atoms with Gasteiger partial charge in [0.2, 0.25) is 0 Å². The molecule has 2 atom stereocenters. The van der Waals surface area contributed by atoms with Gasteiger partial charge < -0.3 is 9.84 Å². The largest absolute Gasteiger partial charge is 0.480 e. The number of aromatic nitrogens is 2. The van der Waals surface area contributed by atoms with Crippen LogP contribution in [0.5, 0.6) is 0 Å². The van der Waals surface area contributed by atoms with Gasteiger partial charge >= 0.3 is 5.97 Å². The summed E-state index contributed by atoms with van der Waals surface area (Å²) in [6, 6.07) is 7.60. The van der Waals surface area contributed by atoms with E-state index in [2.05, 4.69) is 13.8 Å². The number of aliphatic carboxylic acids is 1. The van der Waals surface area contributed by atoms with Gasteiger partial charge in [-0.25, -0.2) is 4.98 Å². The fraction of sp³-hybridized carbons (Fsp3) is 0.409. The topological polar surface area (TPSA) is 81.4 Å². The van der Waals surface area contributed by atoms with Gasteiger partial charge in [-0.2, -0.15) is 0 Å². The molecule has 0 amide bonds. The van der Waals surface area contributed by atoms with Crippen molar-refractivity contribution < 1.29 is 14.6 Å². The summed E-state index contributed by atoms with van der Waals surface area (Å²) in [4.78, 5) is 31.7. The molecule has 1 N–H and O–H groups in total. The number of thioether (sulfide) groups is 1. The number of rotatable bonds is 5. The molecule has 0 fully saturated rings. The molecule has 0 unspecified atom stereocenters. The van der Waals surface area contributed by atoms with E-state index in [-0.39, 0.29) is 11.7 Å². The highest BCUT2D eigenvalue weighted by Crippen LogP contribution is 2.37. The molecule has 4 rings (SSSR count). The van der Waals surface area contributed by atoms with Crippen LogP contribution in [0.3, 0.4) is 0 Å². The SMILES string of the molecule is Cc1ccccc1-n1c(S[C@H](C)C(=O)O)nc2sc3c(c2c1=O)C[C@@H](C(C)C)OC3. The molecular formula is C22H24N2O4S2. The molecule has 3 heterocycles. The Bertz CT molecular complexity index is 1180. The summed E-state index contributed by atoms with van der Waals surface area (Å²) in [7, 11) is 0. The molecule has 1 aliphatic rings. The van der Waals surface area contributed by atoms with Crippen molar-refractivity contribution in [2.75, 3.05) is 0 Å². The van der Waals surface area contributed by atoms with Gasteiger partial charge in [0.15, 0.2) is 5.16 Å². The summed E-state index contributed by atoms with van der Waals surface area (Å²) < 4.78 is 7.56. The maximum atomic E-state index is 13.8. The van der Waals surface area contributed by atoms with Gasteiger partial charge in [-0.05, 0) is 37.0 Å². The van der Waals surface area contributed by atoms with Gasteiger partial charge in [0, 0.05) is 11.3 Å². The lowest BCUT2D eigenvalue weighted by molar-refractivity contribution is -0.136. The molecule has 6 nitrogen and oxygen atoms in total. The Balaban J connectivity index is 1.97. The minimum atomic E-state index is -0.940. The van der Waals surface area contributed by atoms with Gasteiger partial charge in [-0.3, -0.25) is 14.2 Å². The van der Waals surface area contributed by atoms with Crippen LogP contribution in [0, 0.1) is 12.8 Å². The van der Waals surface area contributed by atoms with Crippen LogP contribution >= 0.6 is 23.1 Å². The summed E-state index contributed by atoms with van der Waals surface area (Å²) in [6.45, 7) is 8.27. The van der Waals surface area contributed by atoms with Crippen molar-refractivity contribution in [3.63, 3.8) is 0 Å². The van der Waals surface area contributed by atoms with Crippen molar-refractivity contribution >= 4 is 39.3 Å². The molecule has 8 heteroatoms. The molecule has 0 spiro atoms. The average molecular weight is 445 g/mol. The predicted molar refractivity (Wildman–Crippen MR) is 120 cm³/mol. The predicted octanol–water partition coefficient (Wildman–Crippen LogP) is 4.42. The normalized spacial score (nSPS) is 17.3. The van der Waals surface area contributed by atoms with E-state index >= 15 is 0 Å². The number of carbonyl (C=O) groups is 1. The molecule has 30 heavy (non-hydrogen) atoms. The molecule has 0 saturated carbocycles. The Morgan fingerprint density at radius 1 is 1.33 bits per heavy atom.